The summed E-state index contributed by atoms with van der Waals surface area (Å²) in [6.45, 7) is 0.939. The molecule has 0 spiro atoms. The number of Topliss-reactive ketones (excluding diaryl/α,β-unsaturated/α-hetero) is 1. The monoisotopic (exact) mass is 163 g/mol. The fourth-order valence-electron chi connectivity index (χ4n) is 1.74. The van der Waals surface area contributed by atoms with Gasteiger partial charge in [0.15, 0.2) is 5.78 Å². The van der Waals surface area contributed by atoms with Gasteiger partial charge in [-0.15, -0.1) is 0 Å². The van der Waals surface area contributed by atoms with Crippen LogP contribution in [0.5, 0.6) is 0 Å². The third-order valence-corrected chi connectivity index (χ3v) is 2.40. The zero-order chi connectivity index (χ0) is 8.39. The molecule has 0 atom stereocenters. The number of nitrogens with one attached hydrogen (secondary N) is 1. The van der Waals surface area contributed by atoms with Crippen molar-refractivity contribution in [2.75, 3.05) is 6.54 Å². The van der Waals surface area contributed by atoms with Crippen LogP contribution < -0.4 is 5.32 Å². The van der Waals surface area contributed by atoms with E-state index in [0.717, 1.165) is 43.5 Å². The zero-order valence-corrected chi connectivity index (χ0v) is 7.10. The Morgan fingerprint density at radius 3 is 3.17 bits per heavy atom. The maximum Gasteiger partial charge on any atom is 0.160 e. The van der Waals surface area contributed by atoms with Gasteiger partial charge in [0, 0.05) is 24.2 Å². The lowest BCUT2D eigenvalue weighted by Crippen LogP contribution is -2.15. The first-order valence-corrected chi connectivity index (χ1v) is 4.55. The maximum absolute atomic E-state index is 11.5. The van der Waals surface area contributed by atoms with Crippen LogP contribution in [0.3, 0.4) is 0 Å². The highest BCUT2D eigenvalue weighted by Gasteiger charge is 2.18. The van der Waals surface area contributed by atoms with Crippen LogP contribution in [0, 0.1) is 0 Å². The summed E-state index contributed by atoms with van der Waals surface area (Å²) in [7, 11) is 0. The Bertz CT molecular complexity index is 263. The van der Waals surface area contributed by atoms with Gasteiger partial charge in [-0.25, -0.2) is 0 Å². The van der Waals surface area contributed by atoms with E-state index in [2.05, 4.69) is 11.4 Å². The summed E-state index contributed by atoms with van der Waals surface area (Å²) in [5, 5.41) is 3.29. The predicted molar refractivity (Wildman–Crippen MR) is 47.6 cm³/mol. The second-order valence-electron chi connectivity index (χ2n) is 3.29. The lowest BCUT2D eigenvalue weighted by atomic mass is 9.97. The molecular formula is C10H13NO. The summed E-state index contributed by atoms with van der Waals surface area (Å²) in [5.74, 6) is 0.347. The number of allylic oxidation sites excluding steroid dienone is 3. The molecule has 1 N–H and O–H groups in total. The topological polar surface area (TPSA) is 29.1 Å². The van der Waals surface area contributed by atoms with Gasteiger partial charge in [0.25, 0.3) is 0 Å². The van der Waals surface area contributed by atoms with Crippen LogP contribution >= 0.6 is 0 Å². The predicted octanol–water partition coefficient (Wildman–Crippen LogP) is 1.54. The molecule has 1 heterocycles. The van der Waals surface area contributed by atoms with E-state index in [-0.39, 0.29) is 0 Å². The van der Waals surface area contributed by atoms with Crippen molar-refractivity contribution in [3.8, 4) is 0 Å². The summed E-state index contributed by atoms with van der Waals surface area (Å²) >= 11 is 0. The smallest absolute Gasteiger partial charge is 0.160 e. The first-order chi connectivity index (χ1) is 5.88. The van der Waals surface area contributed by atoms with Crippen molar-refractivity contribution in [1.82, 2.24) is 5.32 Å². The van der Waals surface area contributed by atoms with Gasteiger partial charge >= 0.3 is 0 Å². The first kappa shape index (κ1) is 7.59. The fraction of sp³-hybridized carbons (Fsp3) is 0.500. The molecule has 0 amide bonds. The Kier molecular flexibility index (Phi) is 1.98. The lowest BCUT2D eigenvalue weighted by Gasteiger charge is -2.12. The average molecular weight is 163 g/mol. The highest BCUT2D eigenvalue weighted by molar-refractivity contribution is 5.96. The molecular weight excluding hydrogens is 150 g/mol. The fourth-order valence-corrected chi connectivity index (χ4v) is 1.74. The van der Waals surface area contributed by atoms with Crippen molar-refractivity contribution < 1.29 is 4.79 Å². The van der Waals surface area contributed by atoms with Crippen molar-refractivity contribution in [2.24, 2.45) is 0 Å². The van der Waals surface area contributed by atoms with Crippen LogP contribution in [-0.4, -0.2) is 12.3 Å². The van der Waals surface area contributed by atoms with Crippen molar-refractivity contribution in [1.29, 1.82) is 0 Å². The molecule has 0 bridgehead atoms. The summed E-state index contributed by atoms with van der Waals surface area (Å²) < 4.78 is 0. The van der Waals surface area contributed by atoms with E-state index in [9.17, 15) is 4.79 Å². The van der Waals surface area contributed by atoms with E-state index in [1.165, 1.54) is 0 Å². The van der Waals surface area contributed by atoms with E-state index in [0.29, 0.717) is 5.78 Å². The van der Waals surface area contributed by atoms with E-state index in [1.807, 2.05) is 6.08 Å². The van der Waals surface area contributed by atoms with Crippen molar-refractivity contribution in [2.45, 2.75) is 25.7 Å². The van der Waals surface area contributed by atoms with Crippen molar-refractivity contribution >= 4 is 5.78 Å². The molecule has 64 valence electrons. The largest absolute Gasteiger partial charge is 0.385 e. The summed E-state index contributed by atoms with van der Waals surface area (Å²) in [4.78, 5) is 11.5. The number of hydrogen-bond donors (Lipinski definition) is 1. The summed E-state index contributed by atoms with van der Waals surface area (Å²) in [6, 6.07) is 0. The van der Waals surface area contributed by atoms with Crippen LogP contribution in [0.1, 0.15) is 25.7 Å². The number of carbonyl (C=O) groups excluding carboxylic acids is 1. The minimum Gasteiger partial charge on any atom is -0.385 e. The van der Waals surface area contributed by atoms with Gasteiger partial charge in [0.1, 0.15) is 0 Å². The number of rotatable bonds is 0. The maximum atomic E-state index is 11.5. The standard InChI is InChI=1S/C10H13NO/c12-10-6-3-7-11-9-5-2-1-4-8(9)10/h2,5,11H,1,3-4,6-7H2. The van der Waals surface area contributed by atoms with Crippen LogP contribution in [0.15, 0.2) is 23.4 Å². The number of hydrogen-bond acceptors (Lipinski definition) is 2. The minimum atomic E-state index is 0.347. The van der Waals surface area contributed by atoms with Gasteiger partial charge in [-0.3, -0.25) is 4.79 Å². The SMILES string of the molecule is O=C1CCCNC2=C1CCC=C2. The van der Waals surface area contributed by atoms with E-state index >= 15 is 0 Å². The highest BCUT2D eigenvalue weighted by atomic mass is 16.1. The minimum absolute atomic E-state index is 0.347. The molecule has 2 aliphatic rings. The third-order valence-electron chi connectivity index (χ3n) is 2.40. The van der Waals surface area contributed by atoms with Crippen LogP contribution in [0.25, 0.3) is 0 Å². The van der Waals surface area contributed by atoms with Gasteiger partial charge in [-0.2, -0.15) is 0 Å². The molecule has 0 saturated carbocycles. The van der Waals surface area contributed by atoms with Gasteiger partial charge in [-0.05, 0) is 25.3 Å². The molecule has 1 aliphatic carbocycles. The highest BCUT2D eigenvalue weighted by Crippen LogP contribution is 2.21. The molecule has 2 heteroatoms. The molecule has 2 nitrogen and oxygen atoms in total. The van der Waals surface area contributed by atoms with Gasteiger partial charge in [0.05, 0.1) is 0 Å². The third kappa shape index (κ3) is 1.29. The first-order valence-electron chi connectivity index (χ1n) is 4.55. The lowest BCUT2D eigenvalue weighted by molar-refractivity contribution is -0.115. The van der Waals surface area contributed by atoms with Gasteiger partial charge < -0.3 is 5.32 Å². The second-order valence-corrected chi connectivity index (χ2v) is 3.29. The molecule has 12 heavy (non-hydrogen) atoms. The Labute approximate surface area is 72.3 Å². The average Bonchev–Trinajstić information content (AvgIpc) is 2.29. The summed E-state index contributed by atoms with van der Waals surface area (Å²) in [6.07, 6.45) is 7.82. The molecule has 1 aliphatic heterocycles. The van der Waals surface area contributed by atoms with Crippen molar-refractivity contribution in [3.63, 3.8) is 0 Å². The van der Waals surface area contributed by atoms with Crippen LogP contribution in [0.4, 0.5) is 0 Å². The molecule has 0 aromatic carbocycles. The van der Waals surface area contributed by atoms with E-state index in [4.69, 9.17) is 0 Å². The van der Waals surface area contributed by atoms with E-state index < -0.39 is 0 Å². The second kappa shape index (κ2) is 3.13. The Hall–Kier alpha value is -1.05. The Morgan fingerprint density at radius 1 is 1.33 bits per heavy atom. The summed E-state index contributed by atoms with van der Waals surface area (Å²) in [5.41, 5.74) is 2.10. The molecule has 0 saturated heterocycles. The number of ketones is 1. The Morgan fingerprint density at radius 2 is 2.25 bits per heavy atom. The Balaban J connectivity index is 2.31. The van der Waals surface area contributed by atoms with Crippen LogP contribution in [0.2, 0.25) is 0 Å². The van der Waals surface area contributed by atoms with Gasteiger partial charge in [0.2, 0.25) is 0 Å². The number of carbonyl (C=O) groups is 1. The molecule has 0 aromatic rings. The van der Waals surface area contributed by atoms with Crippen molar-refractivity contribution in [3.05, 3.63) is 23.4 Å². The molecule has 0 fully saturated rings. The quantitative estimate of drug-likeness (QED) is 0.587. The molecule has 0 unspecified atom stereocenters. The van der Waals surface area contributed by atoms with E-state index in [1.54, 1.807) is 0 Å². The zero-order valence-electron chi connectivity index (χ0n) is 7.10. The van der Waals surface area contributed by atoms with Crippen LogP contribution in [-0.2, 0) is 4.79 Å². The molecule has 0 radical (unpaired) electrons. The molecule has 0 aromatic heterocycles. The molecule has 2 rings (SSSR count). The normalized spacial score (nSPS) is 23.2. The van der Waals surface area contributed by atoms with Gasteiger partial charge in [-0.1, -0.05) is 6.08 Å².